The van der Waals surface area contributed by atoms with Crippen molar-refractivity contribution < 1.29 is 23.1 Å². The molecule has 3 aromatic carbocycles. The smallest absolute Gasteiger partial charge is 0.338 e. The number of sulfonamides is 1. The molecular formula is C34H35N3O5S. The van der Waals surface area contributed by atoms with Gasteiger partial charge in [-0.25, -0.2) is 28.3 Å². The third-order valence-electron chi connectivity index (χ3n) is 7.98. The predicted molar refractivity (Wildman–Crippen MR) is 164 cm³/mol. The second-order valence-corrected chi connectivity index (χ2v) is 12.4. The highest BCUT2D eigenvalue weighted by atomic mass is 32.2. The number of nitrogens with zero attached hydrogens (tertiary/aromatic N) is 2. The first-order valence-corrected chi connectivity index (χ1v) is 15.9. The van der Waals surface area contributed by atoms with Crippen LogP contribution in [0, 0.1) is 0 Å². The summed E-state index contributed by atoms with van der Waals surface area (Å²) < 4.78 is 30.5. The van der Waals surface area contributed by atoms with Crippen molar-refractivity contribution in [2.75, 3.05) is 0 Å². The molecule has 1 aliphatic heterocycles. The van der Waals surface area contributed by atoms with E-state index in [0.29, 0.717) is 48.9 Å². The Kier molecular flexibility index (Phi) is 9.03. The summed E-state index contributed by atoms with van der Waals surface area (Å²) in [6, 6.07) is 29.0. The van der Waals surface area contributed by atoms with Crippen molar-refractivity contribution in [2.45, 2.75) is 62.1 Å². The molecule has 0 amide bonds. The van der Waals surface area contributed by atoms with Gasteiger partial charge in [0.05, 0.1) is 11.3 Å². The van der Waals surface area contributed by atoms with Crippen molar-refractivity contribution in [3.05, 3.63) is 125 Å². The summed E-state index contributed by atoms with van der Waals surface area (Å²) in [5, 5.41) is 16.4. The van der Waals surface area contributed by atoms with Crippen LogP contribution in [-0.2, 0) is 32.4 Å². The Hall–Kier alpha value is -4.34. The second-order valence-electron chi connectivity index (χ2n) is 10.9. The van der Waals surface area contributed by atoms with Gasteiger partial charge in [0.2, 0.25) is 0 Å². The van der Waals surface area contributed by atoms with Crippen LogP contribution >= 0.6 is 0 Å². The Morgan fingerprint density at radius 2 is 1.44 bits per heavy atom. The number of nitrogens with two attached hydrogens (primary N) is 1. The number of aliphatic hydroxyl groups is 1. The number of carbonyl (C=O) groups is 1. The van der Waals surface area contributed by atoms with Gasteiger partial charge in [-0.05, 0) is 43.2 Å². The van der Waals surface area contributed by atoms with E-state index in [-0.39, 0.29) is 17.8 Å². The fourth-order valence-corrected chi connectivity index (χ4v) is 6.18. The van der Waals surface area contributed by atoms with E-state index < -0.39 is 32.7 Å². The molecule has 0 saturated carbocycles. The van der Waals surface area contributed by atoms with Crippen molar-refractivity contribution in [2.24, 2.45) is 5.14 Å². The maximum absolute atomic E-state index is 13.9. The summed E-state index contributed by atoms with van der Waals surface area (Å²) in [5.74, 6) is -1.26. The summed E-state index contributed by atoms with van der Waals surface area (Å²) in [5.41, 5.74) is 2.95. The molecule has 4 aromatic rings. The van der Waals surface area contributed by atoms with Crippen LogP contribution in [0.25, 0.3) is 11.3 Å². The van der Waals surface area contributed by atoms with Gasteiger partial charge in [0.1, 0.15) is 11.4 Å². The zero-order chi connectivity index (χ0) is 30.5. The third kappa shape index (κ3) is 7.01. The summed E-state index contributed by atoms with van der Waals surface area (Å²) >= 11 is 0. The van der Waals surface area contributed by atoms with Crippen LogP contribution < -0.4 is 5.14 Å². The molecule has 0 saturated heterocycles. The molecule has 1 aliphatic rings. The largest absolute Gasteiger partial charge is 0.512 e. The molecule has 0 radical (unpaired) electrons. The lowest BCUT2D eigenvalue weighted by atomic mass is 9.79. The van der Waals surface area contributed by atoms with E-state index >= 15 is 0 Å². The molecule has 5 rings (SSSR count). The third-order valence-corrected chi connectivity index (χ3v) is 8.69. The van der Waals surface area contributed by atoms with E-state index in [9.17, 15) is 18.3 Å². The van der Waals surface area contributed by atoms with E-state index in [2.05, 4.69) is 9.97 Å². The van der Waals surface area contributed by atoms with Crippen LogP contribution in [-0.4, -0.2) is 35.1 Å². The van der Waals surface area contributed by atoms with Crippen molar-refractivity contribution in [1.82, 2.24) is 9.97 Å². The highest BCUT2D eigenvalue weighted by Crippen LogP contribution is 2.43. The second kappa shape index (κ2) is 12.9. The monoisotopic (exact) mass is 597 g/mol. The Morgan fingerprint density at radius 3 is 1.93 bits per heavy atom. The number of primary sulfonamides is 1. The van der Waals surface area contributed by atoms with Crippen LogP contribution in [0.1, 0.15) is 55.2 Å². The van der Waals surface area contributed by atoms with Crippen molar-refractivity contribution >= 4 is 16.0 Å². The maximum atomic E-state index is 13.9. The van der Waals surface area contributed by atoms with E-state index in [1.807, 2.05) is 73.7 Å². The van der Waals surface area contributed by atoms with Gasteiger partial charge in [0.15, 0.2) is 0 Å². The summed E-state index contributed by atoms with van der Waals surface area (Å²) in [4.78, 5) is 22.2. The van der Waals surface area contributed by atoms with Gasteiger partial charge in [-0.2, -0.15) is 0 Å². The molecule has 0 spiro atoms. The Bertz CT molecular complexity index is 1670. The van der Waals surface area contributed by atoms with Gasteiger partial charge < -0.3 is 9.84 Å². The van der Waals surface area contributed by atoms with Crippen LogP contribution in [0.2, 0.25) is 0 Å². The Labute approximate surface area is 252 Å². The van der Waals surface area contributed by atoms with E-state index in [1.165, 1.54) is 6.20 Å². The average Bonchev–Trinajstić information content (AvgIpc) is 3.02. The van der Waals surface area contributed by atoms with Crippen molar-refractivity contribution in [1.29, 1.82) is 0 Å². The summed E-state index contributed by atoms with van der Waals surface area (Å²) in [7, 11) is -4.18. The number of hydrogen-bond donors (Lipinski definition) is 2. The molecule has 222 valence electrons. The minimum absolute atomic E-state index is 0.0289. The van der Waals surface area contributed by atoms with Crippen molar-refractivity contribution in [3.8, 4) is 11.3 Å². The lowest BCUT2D eigenvalue weighted by molar-refractivity contribution is -0.161. The molecule has 2 heterocycles. The number of esters is 1. The Balaban J connectivity index is 1.53. The van der Waals surface area contributed by atoms with Gasteiger partial charge in [-0.1, -0.05) is 97.9 Å². The summed E-state index contributed by atoms with van der Waals surface area (Å²) in [6.45, 7) is 1.88. The molecule has 0 fully saturated rings. The van der Waals surface area contributed by atoms with Crippen LogP contribution in [0.4, 0.5) is 0 Å². The zero-order valence-electron chi connectivity index (χ0n) is 24.0. The molecule has 1 unspecified atom stereocenters. The van der Waals surface area contributed by atoms with Crippen LogP contribution in [0.15, 0.2) is 114 Å². The quantitative estimate of drug-likeness (QED) is 0.159. The first-order chi connectivity index (χ1) is 20.7. The molecule has 1 atom stereocenters. The van der Waals surface area contributed by atoms with E-state index in [1.54, 1.807) is 24.3 Å². The number of benzene rings is 3. The maximum Gasteiger partial charge on any atom is 0.338 e. The first-order valence-electron chi connectivity index (χ1n) is 14.4. The number of rotatable bonds is 11. The van der Waals surface area contributed by atoms with E-state index in [0.717, 1.165) is 11.1 Å². The fourth-order valence-electron chi connectivity index (χ4n) is 5.76. The van der Waals surface area contributed by atoms with Crippen LogP contribution in [0.5, 0.6) is 0 Å². The van der Waals surface area contributed by atoms with Crippen molar-refractivity contribution in [3.63, 3.8) is 0 Å². The number of cyclic esters (lactones) is 1. The minimum Gasteiger partial charge on any atom is -0.512 e. The molecular weight excluding hydrogens is 562 g/mol. The SMILES string of the molecule is CCC(C1=C(O)CC(CCc2ccccc2)(CCc2ccccc2)OC1=O)c1cnc(S(N)(=O)=O)nc1-c1ccccc1. The summed E-state index contributed by atoms with van der Waals surface area (Å²) in [6.07, 6.45) is 4.42. The number of aromatic nitrogens is 2. The van der Waals surface area contributed by atoms with Gasteiger partial charge in [-0.3, -0.25) is 0 Å². The molecule has 9 heteroatoms. The first kappa shape index (κ1) is 30.1. The molecule has 8 nitrogen and oxygen atoms in total. The van der Waals surface area contributed by atoms with Gasteiger partial charge in [0, 0.05) is 29.7 Å². The van der Waals surface area contributed by atoms with Gasteiger partial charge >= 0.3 is 5.97 Å². The number of aliphatic hydroxyl groups excluding tert-OH is 1. The molecule has 3 N–H and O–H groups in total. The fraction of sp³-hybridized carbons (Fsp3) is 0.265. The average molecular weight is 598 g/mol. The number of aryl methyl sites for hydroxylation is 2. The molecule has 0 bridgehead atoms. The number of hydrogen-bond acceptors (Lipinski definition) is 7. The normalized spacial score (nSPS) is 15.6. The van der Waals surface area contributed by atoms with Gasteiger partial charge in [0.25, 0.3) is 15.2 Å². The minimum atomic E-state index is -4.18. The molecule has 1 aromatic heterocycles. The van der Waals surface area contributed by atoms with Gasteiger partial charge in [-0.15, -0.1) is 0 Å². The number of ether oxygens (including phenoxy) is 1. The highest BCUT2D eigenvalue weighted by molar-refractivity contribution is 7.89. The lowest BCUT2D eigenvalue weighted by Gasteiger charge is -2.39. The van der Waals surface area contributed by atoms with Crippen LogP contribution in [0.3, 0.4) is 0 Å². The molecule has 0 aliphatic carbocycles. The predicted octanol–water partition coefficient (Wildman–Crippen LogP) is 6.05. The number of carbonyl (C=O) groups excluding carboxylic acids is 1. The lowest BCUT2D eigenvalue weighted by Crippen LogP contribution is -2.42. The molecule has 43 heavy (non-hydrogen) atoms. The van der Waals surface area contributed by atoms with E-state index in [4.69, 9.17) is 9.88 Å². The highest BCUT2D eigenvalue weighted by Gasteiger charge is 2.44. The zero-order valence-corrected chi connectivity index (χ0v) is 24.8. The topological polar surface area (TPSA) is 132 Å². The standard InChI is InChI=1S/C34H35N3O5S/c1-2-27(28-23-36-33(43(35,40)41)37-31(28)26-16-10-5-11-17-26)30-29(38)22-34(42-32(30)39,20-18-24-12-6-3-7-13-24)21-19-25-14-8-4-9-15-25/h3-17,23,27,38H,2,18-22H2,1H3,(H2,35,40,41). The Morgan fingerprint density at radius 1 is 0.907 bits per heavy atom.